The molecule has 3 aromatic heterocycles. The Balaban J connectivity index is 1.08. The Morgan fingerprint density at radius 3 is 2.69 bits per heavy atom. The number of anilines is 1. The number of hydrogen-bond donors (Lipinski definition) is 0. The Bertz CT molecular complexity index is 1880. The van der Waals surface area contributed by atoms with E-state index in [9.17, 15) is 9.18 Å². The number of benzene rings is 2. The molecule has 2 aromatic carbocycles. The Labute approximate surface area is 263 Å². The van der Waals surface area contributed by atoms with Crippen molar-refractivity contribution < 1.29 is 28.1 Å². The summed E-state index contributed by atoms with van der Waals surface area (Å²) in [5, 5.41) is 5.21. The van der Waals surface area contributed by atoms with Crippen LogP contribution in [-0.2, 0) is 47.0 Å². The number of methoxy groups -OCH3 is 2. The summed E-state index contributed by atoms with van der Waals surface area (Å²) >= 11 is 5.85. The van der Waals surface area contributed by atoms with Crippen LogP contribution in [0.4, 0.5) is 10.2 Å². The van der Waals surface area contributed by atoms with Gasteiger partial charge in [0.15, 0.2) is 0 Å². The standard InChI is InChI=1S/C32H30ClFN6O5/c1-42-31(41)20-7-9-25-27(10-20)40(17-32(43-2)18-44-19-32)29(35-25)15-39-13-22-12-38(14-26(22)37-39)28-4-3-5-30(36-28)45-16-21-6-8-23(33)11-24(21)34/h3-11,13H,12,14-19H2,1-2H3. The Morgan fingerprint density at radius 1 is 1.09 bits per heavy atom. The molecular weight excluding hydrogens is 603 g/mol. The lowest BCUT2D eigenvalue weighted by atomic mass is 10.0. The molecule has 0 amide bonds. The highest BCUT2D eigenvalue weighted by molar-refractivity contribution is 6.30. The van der Waals surface area contributed by atoms with Crippen LogP contribution in [0.2, 0.25) is 5.02 Å². The number of carbonyl (C=O) groups is 1. The van der Waals surface area contributed by atoms with Gasteiger partial charge in [0, 0.05) is 42.1 Å². The van der Waals surface area contributed by atoms with Crippen LogP contribution in [-0.4, -0.2) is 63.3 Å². The first-order valence-electron chi connectivity index (χ1n) is 14.4. The van der Waals surface area contributed by atoms with Gasteiger partial charge in [-0.15, -0.1) is 0 Å². The van der Waals surface area contributed by atoms with Crippen LogP contribution in [0.5, 0.6) is 5.88 Å². The third-order valence-electron chi connectivity index (χ3n) is 8.21. The maximum atomic E-state index is 14.2. The molecule has 13 heteroatoms. The summed E-state index contributed by atoms with van der Waals surface area (Å²) in [6.07, 6.45) is 2.03. The summed E-state index contributed by atoms with van der Waals surface area (Å²) in [4.78, 5) is 23.9. The lowest BCUT2D eigenvalue weighted by molar-refractivity contribution is -0.202. The molecule has 232 valence electrons. The Hall–Kier alpha value is -4.52. The predicted molar refractivity (Wildman–Crippen MR) is 163 cm³/mol. The van der Waals surface area contributed by atoms with Gasteiger partial charge >= 0.3 is 5.97 Å². The highest BCUT2D eigenvalue weighted by Crippen LogP contribution is 2.30. The number of esters is 1. The van der Waals surface area contributed by atoms with E-state index in [2.05, 4.69) is 14.5 Å². The molecule has 2 aliphatic rings. The molecule has 2 aliphatic heterocycles. The Kier molecular flexibility index (Phi) is 7.64. The van der Waals surface area contributed by atoms with Gasteiger partial charge < -0.3 is 28.4 Å². The molecule has 0 N–H and O–H groups in total. The van der Waals surface area contributed by atoms with Crippen LogP contribution in [0.15, 0.2) is 60.8 Å². The van der Waals surface area contributed by atoms with Gasteiger partial charge in [-0.2, -0.15) is 10.1 Å². The highest BCUT2D eigenvalue weighted by atomic mass is 35.5. The van der Waals surface area contributed by atoms with Gasteiger partial charge in [0.25, 0.3) is 0 Å². The molecule has 5 aromatic rings. The number of rotatable bonds is 10. The third kappa shape index (κ3) is 5.72. The van der Waals surface area contributed by atoms with Crippen LogP contribution in [0.3, 0.4) is 0 Å². The van der Waals surface area contributed by atoms with Crippen LogP contribution >= 0.6 is 11.6 Å². The zero-order valence-electron chi connectivity index (χ0n) is 24.7. The average Bonchev–Trinajstić information content (AvgIpc) is 3.69. The summed E-state index contributed by atoms with van der Waals surface area (Å²) < 4.78 is 40.2. The molecule has 0 unspecified atom stereocenters. The van der Waals surface area contributed by atoms with E-state index < -0.39 is 17.4 Å². The van der Waals surface area contributed by atoms with Crippen molar-refractivity contribution >= 4 is 34.4 Å². The minimum atomic E-state index is -0.468. The molecule has 11 nitrogen and oxygen atoms in total. The second-order valence-electron chi connectivity index (χ2n) is 11.2. The molecule has 45 heavy (non-hydrogen) atoms. The number of ether oxygens (including phenoxy) is 4. The fourth-order valence-corrected chi connectivity index (χ4v) is 5.81. The van der Waals surface area contributed by atoms with E-state index in [1.54, 1.807) is 37.4 Å². The molecule has 0 bridgehead atoms. The molecule has 7 rings (SSSR count). The fraction of sp³-hybridized carbons (Fsp3) is 0.312. The molecule has 0 radical (unpaired) electrons. The van der Waals surface area contributed by atoms with E-state index in [4.69, 9.17) is 40.6 Å². The van der Waals surface area contributed by atoms with Crippen LogP contribution < -0.4 is 9.64 Å². The lowest BCUT2D eigenvalue weighted by Gasteiger charge is -2.40. The molecule has 1 fully saturated rings. The molecule has 0 atom stereocenters. The zero-order valence-corrected chi connectivity index (χ0v) is 25.5. The normalized spacial score (nSPS) is 15.2. The van der Waals surface area contributed by atoms with Crippen LogP contribution in [0.1, 0.15) is 33.0 Å². The first-order chi connectivity index (χ1) is 21.8. The molecule has 0 saturated carbocycles. The molecule has 5 heterocycles. The first kappa shape index (κ1) is 29.2. The second kappa shape index (κ2) is 11.8. The lowest BCUT2D eigenvalue weighted by Crippen LogP contribution is -2.54. The topological polar surface area (TPSA) is 106 Å². The highest BCUT2D eigenvalue weighted by Gasteiger charge is 2.40. The van der Waals surface area contributed by atoms with E-state index in [-0.39, 0.29) is 6.61 Å². The maximum absolute atomic E-state index is 14.2. The number of imidazole rings is 1. The molecule has 0 spiro atoms. The number of nitrogens with zero attached hydrogens (tertiary/aromatic N) is 6. The average molecular weight is 633 g/mol. The van der Waals surface area contributed by atoms with Gasteiger partial charge in [0.1, 0.15) is 29.7 Å². The smallest absolute Gasteiger partial charge is 0.337 e. The summed E-state index contributed by atoms with van der Waals surface area (Å²) in [5.74, 6) is 1.10. The van der Waals surface area contributed by atoms with Crippen molar-refractivity contribution in [1.82, 2.24) is 24.3 Å². The predicted octanol–water partition coefficient (Wildman–Crippen LogP) is 4.77. The van der Waals surface area contributed by atoms with Gasteiger partial charge in [-0.25, -0.2) is 14.2 Å². The van der Waals surface area contributed by atoms with Gasteiger partial charge in [-0.1, -0.05) is 23.7 Å². The number of carbonyl (C=O) groups excluding carboxylic acids is 1. The van der Waals surface area contributed by atoms with Crippen molar-refractivity contribution in [3.63, 3.8) is 0 Å². The maximum Gasteiger partial charge on any atom is 0.337 e. The summed E-state index contributed by atoms with van der Waals surface area (Å²) in [6.45, 7) is 3.14. The van der Waals surface area contributed by atoms with E-state index in [1.165, 1.54) is 13.2 Å². The minimum Gasteiger partial charge on any atom is -0.473 e. The SMILES string of the molecule is COC(=O)c1ccc2nc(Cn3cc4c(n3)CN(c3cccc(OCc5ccc(Cl)cc5F)n3)C4)n(CC3(OC)COC3)c2c1. The molecule has 0 aliphatic carbocycles. The van der Waals surface area contributed by atoms with Crippen molar-refractivity contribution in [2.24, 2.45) is 0 Å². The minimum absolute atomic E-state index is 0.0412. The van der Waals surface area contributed by atoms with Crippen LogP contribution in [0.25, 0.3) is 11.0 Å². The molecular formula is C32H30ClFN6O5. The van der Waals surface area contributed by atoms with Gasteiger partial charge in [0.2, 0.25) is 5.88 Å². The van der Waals surface area contributed by atoms with Gasteiger partial charge in [0.05, 0.1) is 62.2 Å². The largest absolute Gasteiger partial charge is 0.473 e. The number of halogens is 2. The van der Waals surface area contributed by atoms with Crippen molar-refractivity contribution in [2.75, 3.05) is 32.3 Å². The number of pyridine rings is 1. The van der Waals surface area contributed by atoms with Crippen LogP contribution in [0, 0.1) is 5.82 Å². The monoisotopic (exact) mass is 632 g/mol. The van der Waals surface area contributed by atoms with Gasteiger partial charge in [-0.05, 0) is 36.4 Å². The van der Waals surface area contributed by atoms with E-state index in [0.29, 0.717) is 61.4 Å². The molecule has 1 saturated heterocycles. The van der Waals surface area contributed by atoms with E-state index in [1.807, 2.05) is 29.1 Å². The number of fused-ring (bicyclic) bond motifs is 2. The fourth-order valence-electron chi connectivity index (χ4n) is 5.66. The van der Waals surface area contributed by atoms with Crippen molar-refractivity contribution in [2.45, 2.75) is 38.4 Å². The second-order valence-corrected chi connectivity index (χ2v) is 11.6. The van der Waals surface area contributed by atoms with Crippen molar-refractivity contribution in [1.29, 1.82) is 0 Å². The van der Waals surface area contributed by atoms with E-state index in [0.717, 1.165) is 33.9 Å². The van der Waals surface area contributed by atoms with Crippen molar-refractivity contribution in [3.8, 4) is 5.88 Å². The number of aromatic nitrogens is 5. The number of hydrogen-bond acceptors (Lipinski definition) is 9. The first-order valence-corrected chi connectivity index (χ1v) is 14.8. The van der Waals surface area contributed by atoms with E-state index >= 15 is 0 Å². The third-order valence-corrected chi connectivity index (χ3v) is 8.45. The zero-order chi connectivity index (χ0) is 31.1. The van der Waals surface area contributed by atoms with Gasteiger partial charge in [-0.3, -0.25) is 4.68 Å². The quantitative estimate of drug-likeness (QED) is 0.201. The summed E-state index contributed by atoms with van der Waals surface area (Å²) in [6, 6.07) is 15.4. The summed E-state index contributed by atoms with van der Waals surface area (Å²) in [5.41, 5.74) is 4.00. The van der Waals surface area contributed by atoms with Crippen molar-refractivity contribution in [3.05, 3.63) is 99.8 Å². The Morgan fingerprint density at radius 2 is 1.96 bits per heavy atom. The summed E-state index contributed by atoms with van der Waals surface area (Å²) in [7, 11) is 3.05.